The molecule has 6 heteroatoms. The van der Waals surface area contributed by atoms with Gasteiger partial charge in [0.25, 0.3) is 0 Å². The lowest BCUT2D eigenvalue weighted by atomic mass is 9.79. The second-order valence-electron chi connectivity index (χ2n) is 6.34. The summed E-state index contributed by atoms with van der Waals surface area (Å²) in [4.78, 5) is 2.38. The number of hydrogen-bond acceptors (Lipinski definition) is 4. The molecule has 0 amide bonds. The van der Waals surface area contributed by atoms with E-state index in [0.29, 0.717) is 13.1 Å². The smallest absolute Gasteiger partial charge is 0.211 e. The highest BCUT2D eigenvalue weighted by atomic mass is 32.2. The quantitative estimate of drug-likeness (QED) is 0.837. The number of benzene rings is 1. The fourth-order valence-corrected chi connectivity index (χ4v) is 4.41. The SMILES string of the molecule is COc1cccc(CN2CC3(CCN(S(C)(=O)=O)C3)C2)c1. The molecule has 2 heterocycles. The largest absolute Gasteiger partial charge is 0.497 e. The third kappa shape index (κ3) is 3.07. The second-order valence-corrected chi connectivity index (χ2v) is 8.33. The highest BCUT2D eigenvalue weighted by molar-refractivity contribution is 7.88. The van der Waals surface area contributed by atoms with E-state index < -0.39 is 10.0 Å². The third-order valence-corrected chi connectivity index (χ3v) is 5.78. The van der Waals surface area contributed by atoms with Crippen molar-refractivity contribution in [3.05, 3.63) is 29.8 Å². The van der Waals surface area contributed by atoms with Crippen molar-refractivity contribution in [2.24, 2.45) is 5.41 Å². The van der Waals surface area contributed by atoms with Crippen LogP contribution in [0.4, 0.5) is 0 Å². The molecule has 0 atom stereocenters. The number of methoxy groups -OCH3 is 1. The number of rotatable bonds is 4. The van der Waals surface area contributed by atoms with Gasteiger partial charge in [-0.05, 0) is 24.1 Å². The Bertz CT molecular complexity index is 624. The first-order valence-corrected chi connectivity index (χ1v) is 9.06. The average Bonchev–Trinajstić information content (AvgIpc) is 2.84. The van der Waals surface area contributed by atoms with E-state index in [1.54, 1.807) is 11.4 Å². The molecule has 0 N–H and O–H groups in total. The van der Waals surface area contributed by atoms with E-state index in [9.17, 15) is 8.42 Å². The van der Waals surface area contributed by atoms with Crippen LogP contribution in [0.5, 0.6) is 5.75 Å². The molecule has 0 saturated carbocycles. The summed E-state index contributed by atoms with van der Waals surface area (Å²) in [5, 5.41) is 0. The Morgan fingerprint density at radius 2 is 2.05 bits per heavy atom. The summed E-state index contributed by atoms with van der Waals surface area (Å²) < 4.78 is 30.1. The first-order chi connectivity index (χ1) is 9.90. The van der Waals surface area contributed by atoms with Crippen LogP contribution in [0, 0.1) is 5.41 Å². The minimum atomic E-state index is -3.04. The van der Waals surface area contributed by atoms with Crippen molar-refractivity contribution in [3.8, 4) is 5.75 Å². The minimum Gasteiger partial charge on any atom is -0.497 e. The van der Waals surface area contributed by atoms with Gasteiger partial charge in [-0.2, -0.15) is 0 Å². The van der Waals surface area contributed by atoms with Gasteiger partial charge in [0.2, 0.25) is 10.0 Å². The second kappa shape index (κ2) is 5.26. The molecule has 1 aromatic carbocycles. The molecule has 2 fully saturated rings. The van der Waals surface area contributed by atoms with E-state index in [2.05, 4.69) is 17.0 Å². The predicted molar refractivity (Wildman–Crippen MR) is 81.7 cm³/mol. The van der Waals surface area contributed by atoms with E-state index >= 15 is 0 Å². The Balaban J connectivity index is 1.56. The molecule has 21 heavy (non-hydrogen) atoms. The maximum atomic E-state index is 11.6. The Labute approximate surface area is 126 Å². The third-order valence-electron chi connectivity index (χ3n) is 4.53. The summed E-state index contributed by atoms with van der Waals surface area (Å²) in [6.07, 6.45) is 2.29. The van der Waals surface area contributed by atoms with Crippen LogP contribution in [0.15, 0.2) is 24.3 Å². The lowest BCUT2D eigenvalue weighted by molar-refractivity contribution is 0.00651. The average molecular weight is 310 g/mol. The highest BCUT2D eigenvalue weighted by Crippen LogP contribution is 2.40. The number of nitrogens with zero attached hydrogens (tertiary/aromatic N) is 2. The van der Waals surface area contributed by atoms with Crippen LogP contribution in [0.2, 0.25) is 0 Å². The van der Waals surface area contributed by atoms with Crippen LogP contribution in [0.3, 0.4) is 0 Å². The highest BCUT2D eigenvalue weighted by Gasteiger charge is 2.49. The molecule has 0 radical (unpaired) electrons. The molecule has 0 bridgehead atoms. The number of likely N-dealkylation sites (tertiary alicyclic amines) is 1. The first-order valence-electron chi connectivity index (χ1n) is 7.21. The Hall–Kier alpha value is -1.11. The zero-order valence-electron chi connectivity index (χ0n) is 12.6. The van der Waals surface area contributed by atoms with Crippen LogP contribution in [-0.4, -0.2) is 57.2 Å². The Morgan fingerprint density at radius 1 is 1.29 bits per heavy atom. The summed E-state index contributed by atoms with van der Waals surface area (Å²) in [5.41, 5.74) is 1.42. The molecular formula is C15H22N2O3S. The van der Waals surface area contributed by atoms with Crippen molar-refractivity contribution >= 4 is 10.0 Å². The number of ether oxygens (including phenoxy) is 1. The van der Waals surface area contributed by atoms with Gasteiger partial charge in [0.05, 0.1) is 13.4 Å². The Morgan fingerprint density at radius 3 is 2.67 bits per heavy atom. The van der Waals surface area contributed by atoms with Gasteiger partial charge in [0.1, 0.15) is 5.75 Å². The van der Waals surface area contributed by atoms with Crippen LogP contribution in [0.1, 0.15) is 12.0 Å². The molecule has 0 aromatic heterocycles. The fraction of sp³-hybridized carbons (Fsp3) is 0.600. The number of hydrogen-bond donors (Lipinski definition) is 0. The summed E-state index contributed by atoms with van der Waals surface area (Å²) >= 11 is 0. The van der Waals surface area contributed by atoms with E-state index in [1.807, 2.05) is 12.1 Å². The van der Waals surface area contributed by atoms with Gasteiger partial charge in [0, 0.05) is 38.1 Å². The lowest BCUT2D eigenvalue weighted by Gasteiger charge is -2.48. The standard InChI is InChI=1S/C15H22N2O3S/c1-20-14-5-3-4-13(8-14)9-16-10-15(11-16)6-7-17(12-15)21(2,18)19/h3-5,8H,6-7,9-12H2,1-2H3. The van der Waals surface area contributed by atoms with Gasteiger partial charge < -0.3 is 4.74 Å². The molecular weight excluding hydrogens is 288 g/mol. The van der Waals surface area contributed by atoms with Crippen LogP contribution >= 0.6 is 0 Å². The van der Waals surface area contributed by atoms with Gasteiger partial charge in [-0.15, -0.1) is 0 Å². The van der Waals surface area contributed by atoms with Gasteiger partial charge in [0.15, 0.2) is 0 Å². The van der Waals surface area contributed by atoms with Crippen molar-refractivity contribution in [1.82, 2.24) is 9.21 Å². The Kier molecular flexibility index (Phi) is 3.71. The van der Waals surface area contributed by atoms with Crippen molar-refractivity contribution in [2.45, 2.75) is 13.0 Å². The predicted octanol–water partition coefficient (Wildman–Crippen LogP) is 1.16. The van der Waals surface area contributed by atoms with E-state index in [0.717, 1.165) is 31.8 Å². The van der Waals surface area contributed by atoms with Crippen molar-refractivity contribution in [2.75, 3.05) is 39.5 Å². The van der Waals surface area contributed by atoms with Crippen LogP contribution in [0.25, 0.3) is 0 Å². The van der Waals surface area contributed by atoms with Gasteiger partial charge in [-0.1, -0.05) is 12.1 Å². The minimum absolute atomic E-state index is 0.182. The van der Waals surface area contributed by atoms with Crippen molar-refractivity contribution < 1.29 is 13.2 Å². The first kappa shape index (κ1) is 14.8. The molecule has 2 saturated heterocycles. The molecule has 0 aliphatic carbocycles. The molecule has 1 aromatic rings. The molecule has 0 unspecified atom stereocenters. The number of sulfonamides is 1. The summed E-state index contributed by atoms with van der Waals surface area (Å²) in [6.45, 7) is 4.22. The van der Waals surface area contributed by atoms with Gasteiger partial charge >= 0.3 is 0 Å². The molecule has 2 aliphatic rings. The van der Waals surface area contributed by atoms with E-state index in [4.69, 9.17) is 4.74 Å². The van der Waals surface area contributed by atoms with Crippen molar-refractivity contribution in [3.63, 3.8) is 0 Å². The lowest BCUT2D eigenvalue weighted by Crippen LogP contribution is -2.57. The van der Waals surface area contributed by atoms with Gasteiger partial charge in [-0.25, -0.2) is 12.7 Å². The molecule has 5 nitrogen and oxygen atoms in total. The zero-order chi connectivity index (χ0) is 15.1. The van der Waals surface area contributed by atoms with Gasteiger partial charge in [-0.3, -0.25) is 4.90 Å². The zero-order valence-corrected chi connectivity index (χ0v) is 13.4. The normalized spacial score (nSPS) is 22.4. The van der Waals surface area contributed by atoms with E-state index in [1.165, 1.54) is 11.8 Å². The maximum absolute atomic E-state index is 11.6. The van der Waals surface area contributed by atoms with Crippen molar-refractivity contribution in [1.29, 1.82) is 0 Å². The fourth-order valence-electron chi connectivity index (χ4n) is 3.48. The maximum Gasteiger partial charge on any atom is 0.211 e. The molecule has 116 valence electrons. The molecule has 3 rings (SSSR count). The monoisotopic (exact) mass is 310 g/mol. The summed E-state index contributed by atoms with van der Waals surface area (Å²) in [6, 6.07) is 8.11. The van der Waals surface area contributed by atoms with Crippen LogP contribution < -0.4 is 4.74 Å². The van der Waals surface area contributed by atoms with Crippen LogP contribution in [-0.2, 0) is 16.6 Å². The van der Waals surface area contributed by atoms with E-state index in [-0.39, 0.29) is 5.41 Å². The summed E-state index contributed by atoms with van der Waals surface area (Å²) in [7, 11) is -1.36. The molecule has 1 spiro atoms. The topological polar surface area (TPSA) is 49.9 Å². The summed E-state index contributed by atoms with van der Waals surface area (Å²) in [5.74, 6) is 0.881. The molecule has 2 aliphatic heterocycles.